The zero-order valence-corrected chi connectivity index (χ0v) is 7.54. The molecule has 0 aliphatic heterocycles. The van der Waals surface area contributed by atoms with E-state index >= 15 is 0 Å². The van der Waals surface area contributed by atoms with Gasteiger partial charge in [-0.05, 0) is 18.3 Å². The summed E-state index contributed by atoms with van der Waals surface area (Å²) in [6.07, 6.45) is -1.48. The van der Waals surface area contributed by atoms with Crippen molar-refractivity contribution in [3.63, 3.8) is 0 Å². The van der Waals surface area contributed by atoms with Crippen molar-refractivity contribution in [1.82, 2.24) is 0 Å². The van der Waals surface area contributed by atoms with Crippen molar-refractivity contribution in [2.75, 3.05) is 0 Å². The first-order valence-corrected chi connectivity index (χ1v) is 4.50. The summed E-state index contributed by atoms with van der Waals surface area (Å²) >= 11 is 0. The van der Waals surface area contributed by atoms with Gasteiger partial charge in [0.25, 0.3) is 0 Å². The Labute approximate surface area is 71.1 Å². The largest absolute Gasteiger partial charge is 0.391 e. The maximum Gasteiger partial charge on any atom is 0.391 e. The molecular formula is C9H15F3. The summed E-state index contributed by atoms with van der Waals surface area (Å²) in [6.45, 7) is 3.96. The van der Waals surface area contributed by atoms with Crippen LogP contribution >= 0.6 is 0 Å². The highest BCUT2D eigenvalue weighted by atomic mass is 19.4. The molecule has 1 fully saturated rings. The van der Waals surface area contributed by atoms with Crippen molar-refractivity contribution in [2.45, 2.75) is 45.7 Å². The quantitative estimate of drug-likeness (QED) is 0.606. The number of hydrogen-bond acceptors (Lipinski definition) is 0. The highest BCUT2D eigenvalue weighted by Gasteiger charge is 2.53. The van der Waals surface area contributed by atoms with E-state index in [1.807, 2.05) is 13.8 Å². The topological polar surface area (TPSA) is 0 Å². The van der Waals surface area contributed by atoms with Crippen LogP contribution < -0.4 is 0 Å². The Bertz CT molecular complexity index is 148. The minimum absolute atomic E-state index is 0.0141. The number of halogens is 3. The van der Waals surface area contributed by atoms with Crippen LogP contribution in [0.4, 0.5) is 13.2 Å². The van der Waals surface area contributed by atoms with Crippen LogP contribution in [0.25, 0.3) is 0 Å². The first-order chi connectivity index (χ1) is 5.43. The zero-order valence-electron chi connectivity index (χ0n) is 7.54. The van der Waals surface area contributed by atoms with E-state index in [1.165, 1.54) is 0 Å². The highest BCUT2D eigenvalue weighted by Crippen LogP contribution is 2.55. The van der Waals surface area contributed by atoms with Crippen LogP contribution in [0.1, 0.15) is 39.5 Å². The Morgan fingerprint density at radius 1 is 1.17 bits per heavy atom. The third kappa shape index (κ3) is 1.59. The van der Waals surface area contributed by atoms with Gasteiger partial charge in [-0.25, -0.2) is 0 Å². The summed E-state index contributed by atoms with van der Waals surface area (Å²) in [7, 11) is 0. The molecule has 1 saturated carbocycles. The summed E-state index contributed by atoms with van der Waals surface area (Å²) in [6, 6.07) is 0. The van der Waals surface area contributed by atoms with E-state index in [4.69, 9.17) is 0 Å². The van der Waals surface area contributed by atoms with E-state index in [2.05, 4.69) is 0 Å². The maximum absolute atomic E-state index is 12.1. The second kappa shape index (κ2) is 2.93. The lowest BCUT2D eigenvalue weighted by atomic mass is 9.59. The van der Waals surface area contributed by atoms with E-state index in [0.717, 1.165) is 12.8 Å². The van der Waals surface area contributed by atoms with Crippen LogP contribution in [0.15, 0.2) is 0 Å². The molecule has 0 atom stereocenters. The average Bonchev–Trinajstić information content (AvgIpc) is 1.85. The fourth-order valence-electron chi connectivity index (χ4n) is 2.04. The molecule has 0 amide bonds. The van der Waals surface area contributed by atoms with Crippen LogP contribution in [0.2, 0.25) is 0 Å². The second-order valence-electron chi connectivity index (χ2n) is 3.85. The van der Waals surface area contributed by atoms with E-state index < -0.39 is 12.1 Å². The van der Waals surface area contributed by atoms with Gasteiger partial charge in [0.05, 0.1) is 5.92 Å². The van der Waals surface area contributed by atoms with Crippen LogP contribution in [-0.2, 0) is 0 Å². The minimum Gasteiger partial charge on any atom is -0.171 e. The summed E-state index contributed by atoms with van der Waals surface area (Å²) in [5, 5.41) is 0. The predicted molar refractivity (Wildman–Crippen MR) is 41.8 cm³/mol. The molecule has 0 heterocycles. The molecule has 0 bridgehead atoms. The Morgan fingerprint density at radius 3 is 1.83 bits per heavy atom. The molecule has 0 radical (unpaired) electrons. The average molecular weight is 180 g/mol. The van der Waals surface area contributed by atoms with Crippen LogP contribution in [0.3, 0.4) is 0 Å². The second-order valence-corrected chi connectivity index (χ2v) is 3.85. The number of rotatable bonds is 2. The van der Waals surface area contributed by atoms with E-state index in [9.17, 15) is 13.2 Å². The summed E-state index contributed by atoms with van der Waals surface area (Å²) in [5.74, 6) is -1.02. The molecule has 0 aromatic rings. The smallest absolute Gasteiger partial charge is 0.171 e. The fourth-order valence-corrected chi connectivity index (χ4v) is 2.04. The van der Waals surface area contributed by atoms with E-state index in [0.29, 0.717) is 12.8 Å². The molecule has 12 heavy (non-hydrogen) atoms. The standard InChI is InChI=1S/C9H15F3/c1-3-8(4-2)5-7(6-8)9(10,11)12/h7H,3-6H2,1-2H3. The van der Waals surface area contributed by atoms with Crippen molar-refractivity contribution in [3.05, 3.63) is 0 Å². The molecule has 3 heteroatoms. The lowest BCUT2D eigenvalue weighted by Gasteiger charge is -2.47. The third-order valence-electron chi connectivity index (χ3n) is 3.32. The Balaban J connectivity index is 2.45. The minimum atomic E-state index is -3.95. The fraction of sp³-hybridized carbons (Fsp3) is 1.00. The first-order valence-electron chi connectivity index (χ1n) is 4.50. The summed E-state index contributed by atoms with van der Waals surface area (Å²) in [4.78, 5) is 0. The third-order valence-corrected chi connectivity index (χ3v) is 3.32. The molecule has 0 N–H and O–H groups in total. The van der Waals surface area contributed by atoms with Gasteiger partial charge in [-0.2, -0.15) is 13.2 Å². The van der Waals surface area contributed by atoms with Gasteiger partial charge in [0.1, 0.15) is 0 Å². The molecule has 0 saturated heterocycles. The Morgan fingerprint density at radius 2 is 1.58 bits per heavy atom. The molecule has 0 nitrogen and oxygen atoms in total. The Hall–Kier alpha value is -0.210. The molecule has 0 aromatic heterocycles. The zero-order chi connectivity index (χ0) is 9.41. The van der Waals surface area contributed by atoms with Crippen molar-refractivity contribution in [3.8, 4) is 0 Å². The van der Waals surface area contributed by atoms with Gasteiger partial charge < -0.3 is 0 Å². The van der Waals surface area contributed by atoms with Gasteiger partial charge in [-0.15, -0.1) is 0 Å². The monoisotopic (exact) mass is 180 g/mol. The lowest BCUT2D eigenvalue weighted by molar-refractivity contribution is -0.222. The van der Waals surface area contributed by atoms with E-state index in [1.54, 1.807) is 0 Å². The van der Waals surface area contributed by atoms with Crippen molar-refractivity contribution in [2.24, 2.45) is 11.3 Å². The molecule has 1 rings (SSSR count). The highest BCUT2D eigenvalue weighted by molar-refractivity contribution is 4.94. The SMILES string of the molecule is CCC1(CC)CC(C(F)(F)F)C1. The van der Waals surface area contributed by atoms with E-state index in [-0.39, 0.29) is 5.41 Å². The molecule has 0 aromatic carbocycles. The van der Waals surface area contributed by atoms with Crippen molar-refractivity contribution >= 4 is 0 Å². The van der Waals surface area contributed by atoms with Crippen molar-refractivity contribution in [1.29, 1.82) is 0 Å². The molecular weight excluding hydrogens is 165 g/mol. The Kier molecular flexibility index (Phi) is 2.41. The van der Waals surface area contributed by atoms with Gasteiger partial charge in [0.15, 0.2) is 0 Å². The van der Waals surface area contributed by atoms with Gasteiger partial charge in [0.2, 0.25) is 0 Å². The van der Waals surface area contributed by atoms with Crippen molar-refractivity contribution < 1.29 is 13.2 Å². The maximum atomic E-state index is 12.1. The van der Waals surface area contributed by atoms with Gasteiger partial charge in [-0.1, -0.05) is 26.7 Å². The molecule has 1 aliphatic carbocycles. The molecule has 0 spiro atoms. The predicted octanol–water partition coefficient (Wildman–Crippen LogP) is 3.77. The molecule has 0 unspecified atom stereocenters. The van der Waals surface area contributed by atoms with Gasteiger partial charge >= 0.3 is 6.18 Å². The van der Waals surface area contributed by atoms with Crippen LogP contribution in [0, 0.1) is 11.3 Å². The summed E-state index contributed by atoms with van der Waals surface area (Å²) in [5.41, 5.74) is 0.0141. The van der Waals surface area contributed by atoms with Crippen LogP contribution in [-0.4, -0.2) is 6.18 Å². The lowest BCUT2D eigenvalue weighted by Crippen LogP contribution is -2.43. The first kappa shape index (κ1) is 9.87. The molecule has 1 aliphatic rings. The van der Waals surface area contributed by atoms with Crippen LogP contribution in [0.5, 0.6) is 0 Å². The van der Waals surface area contributed by atoms with Gasteiger partial charge in [-0.3, -0.25) is 0 Å². The number of alkyl halides is 3. The normalized spacial score (nSPS) is 23.8. The number of hydrogen-bond donors (Lipinski definition) is 0. The summed E-state index contributed by atoms with van der Waals surface area (Å²) < 4.78 is 36.4. The van der Waals surface area contributed by atoms with Gasteiger partial charge in [0, 0.05) is 0 Å². The molecule has 72 valence electrons.